The summed E-state index contributed by atoms with van der Waals surface area (Å²) >= 11 is 0. The topological polar surface area (TPSA) is 42.2 Å². The molecule has 6 heteroatoms. The summed E-state index contributed by atoms with van der Waals surface area (Å²) < 4.78 is 42.3. The zero-order chi connectivity index (χ0) is 15.3. The van der Waals surface area contributed by atoms with Gasteiger partial charge in [-0.05, 0) is 29.8 Å². The highest BCUT2D eigenvalue weighted by atomic mass is 19.4. The van der Waals surface area contributed by atoms with Crippen molar-refractivity contribution in [2.24, 2.45) is 0 Å². The largest absolute Gasteiger partial charge is 0.469 e. The van der Waals surface area contributed by atoms with E-state index in [9.17, 15) is 18.0 Å². The quantitative estimate of drug-likeness (QED) is 0.921. The number of furan rings is 1. The first-order chi connectivity index (χ1) is 9.95. The number of carbonyl (C=O) groups excluding carboxylic acids is 1. The van der Waals surface area contributed by atoms with Crippen molar-refractivity contribution < 1.29 is 22.4 Å². The molecule has 0 fully saturated rings. The van der Waals surface area contributed by atoms with Crippen molar-refractivity contribution in [3.05, 3.63) is 59.5 Å². The van der Waals surface area contributed by atoms with Gasteiger partial charge in [0.25, 0.3) is 0 Å². The molecular formula is C15H14F3NO2. The van der Waals surface area contributed by atoms with Crippen molar-refractivity contribution in [1.29, 1.82) is 0 Å². The fourth-order valence-electron chi connectivity index (χ4n) is 1.84. The number of hydrogen-bond donors (Lipinski definition) is 1. The van der Waals surface area contributed by atoms with Gasteiger partial charge in [0, 0.05) is 13.0 Å². The average Bonchev–Trinajstić information content (AvgIpc) is 2.91. The fraction of sp³-hybridized carbons (Fsp3) is 0.267. The van der Waals surface area contributed by atoms with Gasteiger partial charge in [-0.2, -0.15) is 13.2 Å². The Hall–Kier alpha value is -2.24. The molecule has 0 atom stereocenters. The van der Waals surface area contributed by atoms with Crippen LogP contribution in [0.3, 0.4) is 0 Å². The maximum atomic E-state index is 12.4. The van der Waals surface area contributed by atoms with Crippen LogP contribution in [0.25, 0.3) is 0 Å². The Bertz CT molecular complexity index is 574. The third-order valence-electron chi connectivity index (χ3n) is 2.92. The van der Waals surface area contributed by atoms with Crippen LogP contribution in [0.15, 0.2) is 47.1 Å². The van der Waals surface area contributed by atoms with E-state index in [-0.39, 0.29) is 12.3 Å². The summed E-state index contributed by atoms with van der Waals surface area (Å²) in [7, 11) is 0. The van der Waals surface area contributed by atoms with Gasteiger partial charge in [-0.3, -0.25) is 4.79 Å². The van der Waals surface area contributed by atoms with Crippen LogP contribution < -0.4 is 5.32 Å². The monoisotopic (exact) mass is 297 g/mol. The Balaban J connectivity index is 1.79. The van der Waals surface area contributed by atoms with Gasteiger partial charge in [-0.15, -0.1) is 0 Å². The number of benzene rings is 1. The average molecular weight is 297 g/mol. The summed E-state index contributed by atoms with van der Waals surface area (Å²) in [5.41, 5.74) is -0.178. The van der Waals surface area contributed by atoms with E-state index in [0.29, 0.717) is 18.5 Å². The Morgan fingerprint density at radius 1 is 1.14 bits per heavy atom. The highest BCUT2D eigenvalue weighted by Gasteiger charge is 2.29. The van der Waals surface area contributed by atoms with Gasteiger partial charge < -0.3 is 9.73 Å². The Kier molecular flexibility index (Phi) is 4.67. The molecule has 2 aromatic rings. The number of alkyl halides is 3. The molecule has 1 aromatic carbocycles. The smallest absolute Gasteiger partial charge is 0.416 e. The van der Waals surface area contributed by atoms with Gasteiger partial charge >= 0.3 is 6.18 Å². The summed E-state index contributed by atoms with van der Waals surface area (Å²) in [5, 5.41) is 2.69. The lowest BCUT2D eigenvalue weighted by molar-refractivity contribution is -0.137. The van der Waals surface area contributed by atoms with Gasteiger partial charge in [0.05, 0.1) is 18.2 Å². The summed E-state index contributed by atoms with van der Waals surface area (Å²) in [4.78, 5) is 11.7. The Morgan fingerprint density at radius 2 is 1.86 bits per heavy atom. The van der Waals surface area contributed by atoms with E-state index in [0.717, 1.165) is 17.9 Å². The standard InChI is InChI=1S/C15H14F3NO2/c16-15(17,18)12-5-3-11(4-6-12)10-14(20)19-8-7-13-2-1-9-21-13/h1-6,9H,7-8,10H2,(H,19,20). The van der Waals surface area contributed by atoms with Crippen molar-refractivity contribution in [3.63, 3.8) is 0 Å². The number of carbonyl (C=O) groups is 1. The third-order valence-corrected chi connectivity index (χ3v) is 2.92. The molecule has 0 unspecified atom stereocenters. The lowest BCUT2D eigenvalue weighted by Gasteiger charge is -2.08. The maximum absolute atomic E-state index is 12.4. The van der Waals surface area contributed by atoms with Crippen molar-refractivity contribution in [1.82, 2.24) is 5.32 Å². The third kappa shape index (κ3) is 4.66. The second-order valence-corrected chi connectivity index (χ2v) is 4.55. The summed E-state index contributed by atoms with van der Waals surface area (Å²) in [5.74, 6) is 0.533. The summed E-state index contributed by atoms with van der Waals surface area (Å²) in [6.07, 6.45) is -2.18. The van der Waals surface area contributed by atoms with Gasteiger partial charge in [0.1, 0.15) is 5.76 Å². The van der Waals surface area contributed by atoms with Gasteiger partial charge in [-0.1, -0.05) is 12.1 Å². The van der Waals surface area contributed by atoms with Crippen LogP contribution in [0.4, 0.5) is 13.2 Å². The molecule has 0 aliphatic rings. The minimum Gasteiger partial charge on any atom is -0.469 e. The first kappa shape index (κ1) is 15.2. The molecule has 3 nitrogen and oxygen atoms in total. The molecule has 0 saturated heterocycles. The van der Waals surface area contributed by atoms with E-state index in [4.69, 9.17) is 4.42 Å². The predicted molar refractivity (Wildman–Crippen MR) is 70.6 cm³/mol. The van der Waals surface area contributed by atoms with E-state index in [1.165, 1.54) is 12.1 Å². The number of rotatable bonds is 5. The van der Waals surface area contributed by atoms with Crippen LogP contribution in [0.2, 0.25) is 0 Å². The van der Waals surface area contributed by atoms with E-state index in [1.807, 2.05) is 6.07 Å². The minimum atomic E-state index is -4.36. The van der Waals surface area contributed by atoms with Crippen molar-refractivity contribution in [3.8, 4) is 0 Å². The Labute approximate surface area is 119 Å². The fourth-order valence-corrected chi connectivity index (χ4v) is 1.84. The van der Waals surface area contributed by atoms with Crippen LogP contribution in [-0.4, -0.2) is 12.5 Å². The van der Waals surface area contributed by atoms with Crippen molar-refractivity contribution in [2.45, 2.75) is 19.0 Å². The molecule has 1 amide bonds. The van der Waals surface area contributed by atoms with E-state index in [1.54, 1.807) is 12.3 Å². The lowest BCUT2D eigenvalue weighted by Crippen LogP contribution is -2.27. The van der Waals surface area contributed by atoms with Gasteiger partial charge in [0.15, 0.2) is 0 Å². The van der Waals surface area contributed by atoms with E-state index < -0.39 is 11.7 Å². The van der Waals surface area contributed by atoms with Crippen LogP contribution >= 0.6 is 0 Å². The summed E-state index contributed by atoms with van der Waals surface area (Å²) in [6, 6.07) is 8.15. The summed E-state index contributed by atoms with van der Waals surface area (Å²) in [6.45, 7) is 0.424. The molecule has 1 N–H and O–H groups in total. The van der Waals surface area contributed by atoms with Crippen LogP contribution in [0, 0.1) is 0 Å². The SMILES string of the molecule is O=C(Cc1ccc(C(F)(F)F)cc1)NCCc1ccco1. The predicted octanol–water partition coefficient (Wildman–Crippen LogP) is 3.20. The first-order valence-corrected chi connectivity index (χ1v) is 6.40. The number of hydrogen-bond acceptors (Lipinski definition) is 2. The normalized spacial score (nSPS) is 11.4. The maximum Gasteiger partial charge on any atom is 0.416 e. The van der Waals surface area contributed by atoms with Gasteiger partial charge in [-0.25, -0.2) is 0 Å². The molecule has 0 radical (unpaired) electrons. The van der Waals surface area contributed by atoms with E-state index in [2.05, 4.69) is 5.32 Å². The van der Waals surface area contributed by atoms with E-state index >= 15 is 0 Å². The number of amides is 1. The molecular weight excluding hydrogens is 283 g/mol. The van der Waals surface area contributed by atoms with Crippen LogP contribution in [0.1, 0.15) is 16.9 Å². The zero-order valence-corrected chi connectivity index (χ0v) is 11.1. The number of nitrogens with one attached hydrogen (secondary N) is 1. The molecule has 0 aliphatic heterocycles. The second kappa shape index (κ2) is 6.47. The van der Waals surface area contributed by atoms with Crippen LogP contribution in [0.5, 0.6) is 0 Å². The number of halogens is 3. The molecule has 21 heavy (non-hydrogen) atoms. The second-order valence-electron chi connectivity index (χ2n) is 4.55. The lowest BCUT2D eigenvalue weighted by atomic mass is 10.1. The molecule has 112 valence electrons. The van der Waals surface area contributed by atoms with Crippen molar-refractivity contribution in [2.75, 3.05) is 6.54 Å². The molecule has 0 aliphatic carbocycles. The zero-order valence-electron chi connectivity index (χ0n) is 11.1. The molecule has 0 bridgehead atoms. The van der Waals surface area contributed by atoms with Crippen molar-refractivity contribution >= 4 is 5.91 Å². The first-order valence-electron chi connectivity index (χ1n) is 6.40. The molecule has 2 rings (SSSR count). The molecule has 0 saturated carbocycles. The van der Waals surface area contributed by atoms with Gasteiger partial charge in [0.2, 0.25) is 5.91 Å². The highest BCUT2D eigenvalue weighted by molar-refractivity contribution is 5.78. The minimum absolute atomic E-state index is 0.0519. The Morgan fingerprint density at radius 3 is 2.43 bits per heavy atom. The van der Waals surface area contributed by atoms with Crippen LogP contribution in [-0.2, 0) is 23.8 Å². The molecule has 1 heterocycles. The molecule has 1 aromatic heterocycles. The highest BCUT2D eigenvalue weighted by Crippen LogP contribution is 2.29. The molecule has 0 spiro atoms.